The third-order valence-corrected chi connectivity index (χ3v) is 4.77. The molecule has 0 atom stereocenters. The van der Waals surface area contributed by atoms with E-state index in [1.165, 1.54) is 5.56 Å². The van der Waals surface area contributed by atoms with Crippen LogP contribution in [-0.4, -0.2) is 48.5 Å². The van der Waals surface area contributed by atoms with Crippen molar-refractivity contribution in [2.45, 2.75) is 33.5 Å². The van der Waals surface area contributed by atoms with Crippen molar-refractivity contribution in [3.8, 4) is 0 Å². The Bertz CT molecular complexity index is 756. The number of nitrogens with one attached hydrogen (secondary N) is 1. The number of nitrogens with zero attached hydrogens (tertiary/aromatic N) is 4. The molecule has 0 saturated carbocycles. The van der Waals surface area contributed by atoms with Gasteiger partial charge >= 0.3 is 0 Å². The molecule has 0 saturated heterocycles. The van der Waals surface area contributed by atoms with Crippen LogP contribution in [0.3, 0.4) is 0 Å². The van der Waals surface area contributed by atoms with Crippen molar-refractivity contribution >= 4 is 17.6 Å². The Kier molecular flexibility index (Phi) is 7.48. The highest BCUT2D eigenvalue weighted by Crippen LogP contribution is 2.17. The molecule has 1 heterocycles. The average molecular weight is 378 g/mol. The highest BCUT2D eigenvalue weighted by atomic mass is 35.5. The van der Waals surface area contributed by atoms with E-state index in [2.05, 4.69) is 27.2 Å². The summed E-state index contributed by atoms with van der Waals surface area (Å²) in [7, 11) is 5.49. The van der Waals surface area contributed by atoms with Gasteiger partial charge in [-0.05, 0) is 25.5 Å². The van der Waals surface area contributed by atoms with Crippen LogP contribution in [0, 0.1) is 13.8 Å². The van der Waals surface area contributed by atoms with Gasteiger partial charge in [0.2, 0.25) is 0 Å². The quantitative estimate of drug-likeness (QED) is 0.595. The zero-order valence-corrected chi connectivity index (χ0v) is 17.0. The van der Waals surface area contributed by atoms with Gasteiger partial charge in [-0.1, -0.05) is 29.8 Å². The molecule has 2 rings (SSSR count). The standard InChI is InChI=1S/C19H28ClN5O/c1-14-17(15(2)25(23-14)10-11-26-5)12-22-19(21-3)24(4)13-16-8-6-7-9-18(16)20/h6-9H,10-13H2,1-5H3,(H,21,22). The van der Waals surface area contributed by atoms with Crippen LogP contribution in [0.4, 0.5) is 0 Å². The molecule has 0 aliphatic rings. The molecule has 0 radical (unpaired) electrons. The van der Waals surface area contributed by atoms with Gasteiger partial charge in [-0.3, -0.25) is 9.67 Å². The van der Waals surface area contributed by atoms with Gasteiger partial charge < -0.3 is 15.0 Å². The summed E-state index contributed by atoms with van der Waals surface area (Å²) in [4.78, 5) is 6.44. The molecule has 0 unspecified atom stereocenters. The highest BCUT2D eigenvalue weighted by Gasteiger charge is 2.14. The Morgan fingerprint density at radius 1 is 1.35 bits per heavy atom. The Morgan fingerprint density at radius 2 is 2.08 bits per heavy atom. The van der Waals surface area contributed by atoms with Crippen molar-refractivity contribution in [2.24, 2.45) is 4.99 Å². The van der Waals surface area contributed by atoms with Crippen LogP contribution in [0.15, 0.2) is 29.3 Å². The topological polar surface area (TPSA) is 54.7 Å². The largest absolute Gasteiger partial charge is 0.383 e. The van der Waals surface area contributed by atoms with E-state index < -0.39 is 0 Å². The molecular weight excluding hydrogens is 350 g/mol. The van der Waals surface area contributed by atoms with Crippen molar-refractivity contribution in [1.82, 2.24) is 20.0 Å². The second-order valence-corrected chi connectivity index (χ2v) is 6.62. The molecule has 0 aliphatic heterocycles. The first-order valence-electron chi connectivity index (χ1n) is 8.65. The van der Waals surface area contributed by atoms with E-state index in [0.29, 0.717) is 19.7 Å². The van der Waals surface area contributed by atoms with E-state index in [1.807, 2.05) is 42.9 Å². The van der Waals surface area contributed by atoms with Gasteiger partial charge in [0.05, 0.1) is 18.8 Å². The zero-order valence-electron chi connectivity index (χ0n) is 16.2. The van der Waals surface area contributed by atoms with Crippen LogP contribution in [0.1, 0.15) is 22.5 Å². The molecule has 0 bridgehead atoms. The number of ether oxygens (including phenoxy) is 1. The lowest BCUT2D eigenvalue weighted by molar-refractivity contribution is 0.182. The lowest BCUT2D eigenvalue weighted by Crippen LogP contribution is -2.38. The molecule has 0 aliphatic carbocycles. The first-order chi connectivity index (χ1) is 12.5. The molecule has 1 aromatic heterocycles. The maximum atomic E-state index is 6.27. The number of hydrogen-bond acceptors (Lipinski definition) is 3. The van der Waals surface area contributed by atoms with Crippen LogP contribution in [0.2, 0.25) is 5.02 Å². The first kappa shape index (κ1) is 20.3. The van der Waals surface area contributed by atoms with Gasteiger partial charge in [0.1, 0.15) is 0 Å². The SMILES string of the molecule is CN=C(NCc1c(C)nn(CCOC)c1C)N(C)Cc1ccccc1Cl. The van der Waals surface area contributed by atoms with Gasteiger partial charge in [-0.15, -0.1) is 0 Å². The fourth-order valence-electron chi connectivity index (χ4n) is 2.89. The summed E-state index contributed by atoms with van der Waals surface area (Å²) < 4.78 is 7.14. The maximum Gasteiger partial charge on any atom is 0.193 e. The van der Waals surface area contributed by atoms with Gasteiger partial charge in [0, 0.05) is 50.6 Å². The Labute approximate surface area is 160 Å². The molecule has 0 fully saturated rings. The van der Waals surface area contributed by atoms with Crippen molar-refractivity contribution in [3.05, 3.63) is 51.8 Å². The molecule has 6 nitrogen and oxygen atoms in total. The molecule has 0 spiro atoms. The number of methoxy groups -OCH3 is 1. The number of rotatable bonds is 7. The van der Waals surface area contributed by atoms with E-state index >= 15 is 0 Å². The normalized spacial score (nSPS) is 11.7. The fraction of sp³-hybridized carbons (Fsp3) is 0.474. The molecular formula is C19H28ClN5O. The number of aliphatic imine (C=N–C) groups is 1. The summed E-state index contributed by atoms with van der Waals surface area (Å²) in [6.45, 7) is 6.88. The number of aryl methyl sites for hydroxylation is 1. The van der Waals surface area contributed by atoms with E-state index in [0.717, 1.165) is 34.5 Å². The smallest absolute Gasteiger partial charge is 0.193 e. The number of hydrogen-bond donors (Lipinski definition) is 1. The van der Waals surface area contributed by atoms with Gasteiger partial charge in [0.15, 0.2) is 5.96 Å². The van der Waals surface area contributed by atoms with E-state index in [-0.39, 0.29) is 0 Å². The first-order valence-corrected chi connectivity index (χ1v) is 9.02. The van der Waals surface area contributed by atoms with Crippen molar-refractivity contribution < 1.29 is 4.74 Å². The predicted molar refractivity (Wildman–Crippen MR) is 107 cm³/mol. The maximum absolute atomic E-state index is 6.27. The lowest BCUT2D eigenvalue weighted by Gasteiger charge is -2.22. The highest BCUT2D eigenvalue weighted by molar-refractivity contribution is 6.31. The monoisotopic (exact) mass is 377 g/mol. The van der Waals surface area contributed by atoms with Crippen LogP contribution in [-0.2, 0) is 24.4 Å². The predicted octanol–water partition coefficient (Wildman–Crippen LogP) is 3.01. The summed E-state index contributed by atoms with van der Waals surface area (Å²) in [5, 5.41) is 8.79. The molecule has 2 aromatic rings. The minimum Gasteiger partial charge on any atom is -0.383 e. The minimum atomic E-state index is 0.650. The van der Waals surface area contributed by atoms with E-state index in [4.69, 9.17) is 16.3 Å². The average Bonchev–Trinajstić information content (AvgIpc) is 2.89. The van der Waals surface area contributed by atoms with Gasteiger partial charge in [-0.2, -0.15) is 5.10 Å². The minimum absolute atomic E-state index is 0.650. The van der Waals surface area contributed by atoms with Crippen molar-refractivity contribution in [1.29, 1.82) is 0 Å². The third-order valence-electron chi connectivity index (χ3n) is 4.40. The van der Waals surface area contributed by atoms with Crippen LogP contribution in [0.25, 0.3) is 0 Å². The molecule has 142 valence electrons. The van der Waals surface area contributed by atoms with E-state index in [9.17, 15) is 0 Å². The van der Waals surface area contributed by atoms with E-state index in [1.54, 1.807) is 14.2 Å². The summed E-state index contributed by atoms with van der Waals surface area (Å²) in [5.41, 5.74) is 4.43. The Balaban J connectivity index is 2.03. The number of aromatic nitrogens is 2. The van der Waals surface area contributed by atoms with Crippen molar-refractivity contribution in [2.75, 3.05) is 27.8 Å². The van der Waals surface area contributed by atoms with Crippen LogP contribution >= 0.6 is 11.6 Å². The molecule has 26 heavy (non-hydrogen) atoms. The second-order valence-electron chi connectivity index (χ2n) is 6.21. The molecule has 7 heteroatoms. The van der Waals surface area contributed by atoms with Gasteiger partial charge in [-0.25, -0.2) is 0 Å². The number of halogens is 1. The fourth-order valence-corrected chi connectivity index (χ4v) is 3.09. The second kappa shape index (κ2) is 9.59. The number of guanidine groups is 1. The van der Waals surface area contributed by atoms with Crippen LogP contribution in [0.5, 0.6) is 0 Å². The Hall–Kier alpha value is -2.05. The van der Waals surface area contributed by atoms with Gasteiger partial charge in [0.25, 0.3) is 0 Å². The lowest BCUT2D eigenvalue weighted by atomic mass is 10.2. The number of benzene rings is 1. The van der Waals surface area contributed by atoms with Crippen molar-refractivity contribution in [3.63, 3.8) is 0 Å². The zero-order chi connectivity index (χ0) is 19.1. The summed E-state index contributed by atoms with van der Waals surface area (Å²) in [6.07, 6.45) is 0. The molecule has 1 aromatic carbocycles. The summed E-state index contributed by atoms with van der Waals surface area (Å²) in [5.74, 6) is 0.813. The molecule has 1 N–H and O–H groups in total. The summed E-state index contributed by atoms with van der Waals surface area (Å²) in [6, 6.07) is 7.86. The Morgan fingerprint density at radius 3 is 2.73 bits per heavy atom. The summed E-state index contributed by atoms with van der Waals surface area (Å²) >= 11 is 6.27. The third kappa shape index (κ3) is 4.99. The molecule has 0 amide bonds. The van der Waals surface area contributed by atoms with Crippen LogP contribution < -0.4 is 5.32 Å².